The minimum Gasteiger partial charge on any atom is -0.477 e. The standard InChI is InChI=1S/C29H34N4O3/c1-16-5-4-6-17(2)26(16)23-14-30-27(19-7-8-19)24(23)15-36-22-12-20-9-10-21(13-22)33(20)29-31-18(3)11-25(32-29)28(34)35/h4-6,11,14,19-22,30H,7-10,12-13,15H2,1-3H3,(H,34,35). The Morgan fingerprint density at radius 1 is 1.08 bits per heavy atom. The maximum absolute atomic E-state index is 11.5. The van der Waals surface area contributed by atoms with Gasteiger partial charge in [0.05, 0.1) is 12.7 Å². The van der Waals surface area contributed by atoms with Gasteiger partial charge in [-0.05, 0) is 88.0 Å². The van der Waals surface area contributed by atoms with Crippen LogP contribution in [0.25, 0.3) is 11.1 Å². The first-order valence-electron chi connectivity index (χ1n) is 13.1. The predicted octanol–water partition coefficient (Wildman–Crippen LogP) is 5.69. The van der Waals surface area contributed by atoms with Crippen molar-refractivity contribution in [3.8, 4) is 11.1 Å². The smallest absolute Gasteiger partial charge is 0.354 e. The fraction of sp³-hybridized carbons (Fsp3) is 0.483. The highest BCUT2D eigenvalue weighted by Crippen LogP contribution is 2.45. The first kappa shape index (κ1) is 23.2. The summed E-state index contributed by atoms with van der Waals surface area (Å²) >= 11 is 0. The summed E-state index contributed by atoms with van der Waals surface area (Å²) in [7, 11) is 0. The molecule has 4 heterocycles. The molecule has 36 heavy (non-hydrogen) atoms. The lowest BCUT2D eigenvalue weighted by Gasteiger charge is -2.39. The van der Waals surface area contributed by atoms with E-state index in [1.165, 1.54) is 52.4 Å². The Kier molecular flexibility index (Phi) is 5.83. The fourth-order valence-corrected chi connectivity index (χ4v) is 6.39. The SMILES string of the molecule is Cc1cc(C(=O)O)nc(N2C3CCC2CC(OCc2c(-c4c(C)cccc4C)c[nH]c2C2CC2)C3)n1. The lowest BCUT2D eigenvalue weighted by Crippen LogP contribution is -2.46. The summed E-state index contributed by atoms with van der Waals surface area (Å²) < 4.78 is 6.66. The molecule has 3 aliphatic rings. The molecule has 7 heteroatoms. The van der Waals surface area contributed by atoms with Crippen molar-refractivity contribution < 1.29 is 14.6 Å². The average molecular weight is 487 g/mol. The van der Waals surface area contributed by atoms with Crippen molar-refractivity contribution in [3.63, 3.8) is 0 Å². The van der Waals surface area contributed by atoms with Gasteiger partial charge in [-0.1, -0.05) is 18.2 Å². The number of aromatic amines is 1. The zero-order valence-corrected chi connectivity index (χ0v) is 21.3. The highest BCUT2D eigenvalue weighted by atomic mass is 16.5. The van der Waals surface area contributed by atoms with Crippen LogP contribution in [0, 0.1) is 20.8 Å². The third kappa shape index (κ3) is 4.19. The molecule has 2 atom stereocenters. The number of aromatic nitrogens is 3. The number of carboxylic acids is 1. The molecule has 7 nitrogen and oxygen atoms in total. The van der Waals surface area contributed by atoms with E-state index in [9.17, 15) is 9.90 Å². The number of piperidine rings is 1. The van der Waals surface area contributed by atoms with Gasteiger partial charge < -0.3 is 19.7 Å². The van der Waals surface area contributed by atoms with Crippen LogP contribution in [0.3, 0.4) is 0 Å². The van der Waals surface area contributed by atoms with Crippen molar-refractivity contribution >= 4 is 11.9 Å². The van der Waals surface area contributed by atoms with Crippen molar-refractivity contribution in [1.82, 2.24) is 15.0 Å². The number of anilines is 1. The zero-order chi connectivity index (χ0) is 25.0. The summed E-state index contributed by atoms with van der Waals surface area (Å²) in [5.74, 6) is 0.170. The predicted molar refractivity (Wildman–Crippen MR) is 139 cm³/mol. The third-order valence-electron chi connectivity index (χ3n) is 8.20. The van der Waals surface area contributed by atoms with Crippen molar-refractivity contribution in [3.05, 3.63) is 64.2 Å². The Morgan fingerprint density at radius 2 is 1.78 bits per heavy atom. The quantitative estimate of drug-likeness (QED) is 0.446. The maximum Gasteiger partial charge on any atom is 0.354 e. The van der Waals surface area contributed by atoms with E-state index in [0.717, 1.165) is 25.7 Å². The number of carboxylic acid groups (broad SMARTS) is 1. The molecule has 0 amide bonds. The number of rotatable bonds is 7. The second-order valence-electron chi connectivity index (χ2n) is 10.8. The molecule has 2 aromatic heterocycles. The van der Waals surface area contributed by atoms with E-state index in [4.69, 9.17) is 4.74 Å². The molecule has 188 valence electrons. The number of nitrogens with one attached hydrogen (secondary N) is 1. The molecule has 2 saturated heterocycles. The molecule has 2 unspecified atom stereocenters. The topological polar surface area (TPSA) is 91.3 Å². The molecule has 0 radical (unpaired) electrons. The number of carbonyl (C=O) groups is 1. The van der Waals surface area contributed by atoms with Crippen LogP contribution in [-0.4, -0.2) is 44.2 Å². The molecule has 1 aromatic carbocycles. The van der Waals surface area contributed by atoms with E-state index in [-0.39, 0.29) is 23.9 Å². The van der Waals surface area contributed by atoms with Crippen LogP contribution in [-0.2, 0) is 11.3 Å². The van der Waals surface area contributed by atoms with Gasteiger partial charge in [-0.25, -0.2) is 14.8 Å². The second-order valence-corrected chi connectivity index (χ2v) is 10.8. The van der Waals surface area contributed by atoms with Crippen LogP contribution in [0.2, 0.25) is 0 Å². The van der Waals surface area contributed by atoms with Gasteiger partial charge in [-0.2, -0.15) is 0 Å². The van der Waals surface area contributed by atoms with E-state index in [0.29, 0.717) is 24.2 Å². The Morgan fingerprint density at radius 3 is 2.42 bits per heavy atom. The first-order valence-corrected chi connectivity index (χ1v) is 13.1. The number of aromatic carboxylic acids is 1. The van der Waals surface area contributed by atoms with Gasteiger partial charge >= 0.3 is 5.97 Å². The van der Waals surface area contributed by atoms with Crippen LogP contribution in [0.4, 0.5) is 5.95 Å². The van der Waals surface area contributed by atoms with Crippen molar-refractivity contribution in [1.29, 1.82) is 0 Å². The van der Waals surface area contributed by atoms with Gasteiger partial charge in [0.1, 0.15) is 0 Å². The zero-order valence-electron chi connectivity index (χ0n) is 21.3. The van der Waals surface area contributed by atoms with Crippen LogP contribution in [0.15, 0.2) is 30.5 Å². The van der Waals surface area contributed by atoms with Gasteiger partial charge in [0.15, 0.2) is 5.69 Å². The van der Waals surface area contributed by atoms with Crippen LogP contribution in [0.1, 0.15) is 83.0 Å². The van der Waals surface area contributed by atoms with Gasteiger partial charge in [0.25, 0.3) is 0 Å². The van der Waals surface area contributed by atoms with Crippen LogP contribution in [0.5, 0.6) is 0 Å². The van der Waals surface area contributed by atoms with Crippen LogP contribution >= 0.6 is 0 Å². The first-order chi connectivity index (χ1) is 17.4. The Balaban J connectivity index is 1.21. The maximum atomic E-state index is 11.5. The lowest BCUT2D eigenvalue weighted by molar-refractivity contribution is 0.0148. The molecule has 2 bridgehead atoms. The molecular weight excluding hydrogens is 452 g/mol. The summed E-state index contributed by atoms with van der Waals surface area (Å²) in [5.41, 5.74) is 8.61. The average Bonchev–Trinajstić information content (AvgIpc) is 3.54. The Bertz CT molecular complexity index is 1280. The number of H-pyrrole nitrogens is 1. The van der Waals surface area contributed by atoms with Gasteiger partial charge in [-0.3, -0.25) is 0 Å². The number of aryl methyl sites for hydroxylation is 3. The Hall–Kier alpha value is -3.19. The third-order valence-corrected chi connectivity index (χ3v) is 8.20. The largest absolute Gasteiger partial charge is 0.477 e. The number of hydrogen-bond donors (Lipinski definition) is 2. The Labute approximate surface area is 211 Å². The molecule has 2 N–H and O–H groups in total. The highest BCUT2D eigenvalue weighted by Gasteiger charge is 2.43. The fourth-order valence-electron chi connectivity index (χ4n) is 6.39. The summed E-state index contributed by atoms with van der Waals surface area (Å²) in [5, 5.41) is 9.46. The number of ether oxygens (including phenoxy) is 1. The van der Waals surface area contributed by atoms with Crippen molar-refractivity contribution in [2.24, 2.45) is 0 Å². The molecule has 3 fully saturated rings. The van der Waals surface area contributed by atoms with E-state index in [1.54, 1.807) is 0 Å². The normalized spacial score (nSPS) is 23.3. The molecule has 1 aliphatic carbocycles. The molecular formula is C29H34N4O3. The summed E-state index contributed by atoms with van der Waals surface area (Å²) in [6.45, 7) is 6.82. The number of nitrogens with zero attached hydrogens (tertiary/aromatic N) is 3. The number of benzene rings is 1. The molecule has 1 saturated carbocycles. The molecule has 6 rings (SSSR count). The molecule has 2 aliphatic heterocycles. The monoisotopic (exact) mass is 486 g/mol. The summed E-state index contributed by atoms with van der Waals surface area (Å²) in [4.78, 5) is 26.4. The molecule has 0 spiro atoms. The minimum absolute atomic E-state index is 0.0642. The van der Waals surface area contributed by atoms with Crippen LogP contribution < -0.4 is 4.90 Å². The van der Waals surface area contributed by atoms with E-state index in [2.05, 4.69) is 58.1 Å². The molecule has 3 aromatic rings. The summed E-state index contributed by atoms with van der Waals surface area (Å²) in [6, 6.07) is 8.60. The van der Waals surface area contributed by atoms with Gasteiger partial charge in [-0.15, -0.1) is 0 Å². The van der Waals surface area contributed by atoms with Gasteiger partial charge in [0.2, 0.25) is 5.95 Å². The number of fused-ring (bicyclic) bond motifs is 2. The number of hydrogen-bond acceptors (Lipinski definition) is 5. The van der Waals surface area contributed by atoms with Gasteiger partial charge in [0, 0.05) is 40.8 Å². The van der Waals surface area contributed by atoms with E-state index < -0.39 is 5.97 Å². The lowest BCUT2D eigenvalue weighted by atomic mass is 9.94. The summed E-state index contributed by atoms with van der Waals surface area (Å²) in [6.07, 6.45) is 8.81. The van der Waals surface area contributed by atoms with Crippen molar-refractivity contribution in [2.75, 3.05) is 4.90 Å². The highest BCUT2D eigenvalue weighted by molar-refractivity contribution is 5.85. The minimum atomic E-state index is -1.01. The second kappa shape index (κ2) is 9.04. The van der Waals surface area contributed by atoms with Crippen molar-refractivity contribution in [2.45, 2.75) is 90.0 Å². The van der Waals surface area contributed by atoms with E-state index >= 15 is 0 Å². The van der Waals surface area contributed by atoms with E-state index in [1.807, 2.05) is 6.92 Å².